The van der Waals surface area contributed by atoms with Crippen molar-refractivity contribution in [3.8, 4) is 0 Å². The van der Waals surface area contributed by atoms with Crippen LogP contribution in [0.15, 0.2) is 0 Å². The van der Waals surface area contributed by atoms with Gasteiger partial charge in [0.05, 0.1) is 0 Å². The predicted molar refractivity (Wildman–Crippen MR) is 43.0 cm³/mol. The first kappa shape index (κ1) is 13.3. The van der Waals surface area contributed by atoms with E-state index in [0.29, 0.717) is 0 Å². The molecular weight excluding hydrogens is 181 g/mol. The van der Waals surface area contributed by atoms with Crippen LogP contribution in [0.1, 0.15) is 1.43 Å². The minimum absolute atomic E-state index is 0. The monoisotopic (exact) mass is 189 g/mol. The molecule has 6 heteroatoms. The second-order valence-electron chi connectivity index (χ2n) is 1.53. The summed E-state index contributed by atoms with van der Waals surface area (Å²) in [4.78, 5) is 11.3. The van der Waals surface area contributed by atoms with Gasteiger partial charge >= 0.3 is 35.5 Å². The maximum absolute atomic E-state index is 9.98. The van der Waals surface area contributed by atoms with E-state index in [0.717, 1.165) is 0 Å². The van der Waals surface area contributed by atoms with E-state index in [4.69, 9.17) is 5.11 Å². The molecule has 3 nitrogen and oxygen atoms in total. The molecule has 1 N–H and O–H groups in total. The average Bonchev–Trinajstić information content (AvgIpc) is 1.63. The van der Waals surface area contributed by atoms with E-state index in [1.807, 2.05) is 0 Å². The van der Waals surface area contributed by atoms with Gasteiger partial charge in [0.25, 0.3) is 0 Å². The van der Waals surface area contributed by atoms with E-state index in [1.54, 1.807) is 7.05 Å². The van der Waals surface area contributed by atoms with E-state index in [9.17, 15) is 4.79 Å². The second-order valence-corrected chi connectivity index (χ2v) is 2.65. The van der Waals surface area contributed by atoms with Gasteiger partial charge < -0.3 is 11.4 Å². The van der Waals surface area contributed by atoms with Crippen LogP contribution in [0.3, 0.4) is 0 Å². The number of thiocarbonyl (C=S) groups is 1. The van der Waals surface area contributed by atoms with Crippen molar-refractivity contribution in [1.82, 2.24) is 4.90 Å². The molecule has 0 rings (SSSR count). The number of carboxylic acid groups (broad SMARTS) is 1. The summed E-state index contributed by atoms with van der Waals surface area (Å²) >= 11 is 8.33. The fraction of sp³-hybridized carbons (Fsp3) is 0.500. The fourth-order valence-electron chi connectivity index (χ4n) is 0.271. The maximum Gasteiger partial charge on any atom is 1.00 e. The van der Waals surface area contributed by atoms with Crippen LogP contribution in [-0.4, -0.2) is 33.9 Å². The Kier molecular flexibility index (Phi) is 8.55. The predicted octanol–water partition coefficient (Wildman–Crippen LogP) is -2.67. The molecular formula is C4H8NNaO2S2. The summed E-state index contributed by atoms with van der Waals surface area (Å²) in [5.74, 6) is -0.908. The zero-order valence-electron chi connectivity index (χ0n) is 6.87. The number of hydrogen-bond acceptors (Lipinski definition) is 2. The van der Waals surface area contributed by atoms with Crippen LogP contribution in [0.25, 0.3) is 0 Å². The molecule has 54 valence electrons. The molecule has 0 saturated heterocycles. The molecule has 0 radical (unpaired) electrons. The zero-order chi connectivity index (χ0) is 7.44. The number of nitrogens with zero attached hydrogens (tertiary/aromatic N) is 1. The molecule has 0 aromatic carbocycles. The second kappa shape index (κ2) is 6.42. The van der Waals surface area contributed by atoms with E-state index in [2.05, 4.69) is 24.8 Å². The van der Waals surface area contributed by atoms with E-state index in [1.165, 1.54) is 4.90 Å². The third-order valence-electron chi connectivity index (χ3n) is 0.699. The molecule has 0 amide bonds. The first-order valence-electron chi connectivity index (χ1n) is 2.20. The average molecular weight is 189 g/mol. The quantitative estimate of drug-likeness (QED) is 0.282. The van der Waals surface area contributed by atoms with Crippen LogP contribution in [0.4, 0.5) is 0 Å². The minimum Gasteiger partial charge on any atom is -1.00 e. The van der Waals surface area contributed by atoms with E-state index < -0.39 is 5.97 Å². The van der Waals surface area contributed by atoms with E-state index in [-0.39, 0.29) is 41.8 Å². The molecule has 0 unspecified atom stereocenters. The van der Waals surface area contributed by atoms with Crippen molar-refractivity contribution >= 4 is 35.1 Å². The van der Waals surface area contributed by atoms with Crippen LogP contribution < -0.4 is 29.6 Å². The van der Waals surface area contributed by atoms with Gasteiger partial charge in [-0.3, -0.25) is 4.79 Å². The van der Waals surface area contributed by atoms with Gasteiger partial charge in [0.1, 0.15) is 10.9 Å². The third kappa shape index (κ3) is 6.82. The van der Waals surface area contributed by atoms with Crippen molar-refractivity contribution in [2.75, 3.05) is 13.6 Å². The van der Waals surface area contributed by atoms with Crippen LogP contribution >= 0.6 is 24.8 Å². The minimum atomic E-state index is -0.908. The fourth-order valence-corrected chi connectivity index (χ4v) is 0.406. The van der Waals surface area contributed by atoms with Gasteiger partial charge in [-0.25, -0.2) is 0 Å². The Labute approximate surface area is 94.0 Å². The molecule has 0 bridgehead atoms. The van der Waals surface area contributed by atoms with Crippen molar-refractivity contribution in [3.05, 3.63) is 0 Å². The van der Waals surface area contributed by atoms with Crippen molar-refractivity contribution in [3.63, 3.8) is 0 Å². The Morgan fingerprint density at radius 2 is 2.30 bits per heavy atom. The zero-order valence-corrected chi connectivity index (χ0v) is 9.58. The van der Waals surface area contributed by atoms with Gasteiger partial charge in [-0.15, -0.1) is 12.6 Å². The molecule has 0 saturated carbocycles. The number of rotatable bonds is 2. The Hall–Kier alpha value is 0.710. The molecule has 0 aromatic heterocycles. The number of hydrogen-bond donors (Lipinski definition) is 2. The standard InChI is InChI=1S/C4H7NO2S2.Na.H/c1-5(4(8)9)2-3(6)7;;/h2H2,1H3,(H,6,7)(H,8,9);;/q;+1;-1. The number of thiol groups is 1. The van der Waals surface area contributed by atoms with Crippen LogP contribution in [-0.2, 0) is 4.79 Å². The first-order valence-corrected chi connectivity index (χ1v) is 3.05. The Morgan fingerprint density at radius 3 is 2.40 bits per heavy atom. The number of carbonyl (C=O) groups is 1. The number of likely N-dealkylation sites (N-methyl/N-ethyl adjacent to an activating group) is 1. The van der Waals surface area contributed by atoms with Crippen molar-refractivity contribution in [2.45, 2.75) is 0 Å². The molecule has 0 fully saturated rings. The molecule has 0 spiro atoms. The Bertz CT molecular complexity index is 146. The largest absolute Gasteiger partial charge is 1.00 e. The summed E-state index contributed by atoms with van der Waals surface area (Å²) in [7, 11) is 1.57. The topological polar surface area (TPSA) is 40.5 Å². The molecule has 10 heavy (non-hydrogen) atoms. The van der Waals surface area contributed by atoms with Gasteiger partial charge in [0, 0.05) is 7.05 Å². The van der Waals surface area contributed by atoms with Crippen molar-refractivity contribution in [2.24, 2.45) is 0 Å². The third-order valence-corrected chi connectivity index (χ3v) is 1.35. The summed E-state index contributed by atoms with van der Waals surface area (Å²) in [6.07, 6.45) is 0. The molecule has 0 aliphatic rings. The number of aliphatic carboxylic acids is 1. The van der Waals surface area contributed by atoms with Crippen molar-refractivity contribution < 1.29 is 40.9 Å². The van der Waals surface area contributed by atoms with Gasteiger partial charge in [-0.2, -0.15) is 0 Å². The summed E-state index contributed by atoms with van der Waals surface area (Å²) in [6.45, 7) is -0.0949. The molecule has 0 aromatic rings. The summed E-state index contributed by atoms with van der Waals surface area (Å²) < 4.78 is 0.289. The number of carboxylic acids is 1. The summed E-state index contributed by atoms with van der Waals surface area (Å²) in [6, 6.07) is 0. The summed E-state index contributed by atoms with van der Waals surface area (Å²) in [5.41, 5.74) is 0. The molecule has 0 heterocycles. The van der Waals surface area contributed by atoms with Gasteiger partial charge in [-0.05, 0) is 0 Å². The molecule has 0 aliphatic carbocycles. The first-order chi connectivity index (χ1) is 4.04. The SMILES string of the molecule is CN(CC(=O)O)C(=S)S.[H-].[Na+]. The summed E-state index contributed by atoms with van der Waals surface area (Å²) in [5, 5.41) is 8.20. The Balaban J connectivity index is -0.000000320. The van der Waals surface area contributed by atoms with E-state index >= 15 is 0 Å². The van der Waals surface area contributed by atoms with Crippen LogP contribution in [0.2, 0.25) is 0 Å². The molecule has 0 aliphatic heterocycles. The van der Waals surface area contributed by atoms with Gasteiger partial charge in [0.15, 0.2) is 0 Å². The molecule has 0 atom stereocenters. The van der Waals surface area contributed by atoms with Crippen molar-refractivity contribution in [1.29, 1.82) is 0 Å². The van der Waals surface area contributed by atoms with Crippen LogP contribution in [0.5, 0.6) is 0 Å². The normalized spacial score (nSPS) is 7.80. The van der Waals surface area contributed by atoms with Gasteiger partial charge in [-0.1, -0.05) is 12.2 Å². The van der Waals surface area contributed by atoms with Gasteiger partial charge in [0.2, 0.25) is 0 Å². The smallest absolute Gasteiger partial charge is 1.00 e. The Morgan fingerprint density at radius 1 is 1.90 bits per heavy atom. The van der Waals surface area contributed by atoms with Crippen LogP contribution in [0, 0.1) is 0 Å². The maximum atomic E-state index is 9.98.